The SMILES string of the molecule is CC(C)CCN[C@@H](C(C)C)C(F)(F)F. The summed E-state index contributed by atoms with van der Waals surface area (Å²) in [6.45, 7) is 7.60. The van der Waals surface area contributed by atoms with Crippen LogP contribution in [0.1, 0.15) is 34.1 Å². The fourth-order valence-electron chi connectivity index (χ4n) is 1.26. The van der Waals surface area contributed by atoms with Gasteiger partial charge in [0.15, 0.2) is 0 Å². The van der Waals surface area contributed by atoms with Crippen molar-refractivity contribution in [3.63, 3.8) is 0 Å². The molecule has 0 saturated carbocycles. The Kier molecular flexibility index (Phi) is 5.49. The fraction of sp³-hybridized carbons (Fsp3) is 1.00. The average molecular weight is 211 g/mol. The van der Waals surface area contributed by atoms with E-state index >= 15 is 0 Å². The third-order valence-corrected chi connectivity index (χ3v) is 2.11. The molecule has 0 rings (SSSR count). The Hall–Kier alpha value is -0.250. The van der Waals surface area contributed by atoms with Gasteiger partial charge in [-0.15, -0.1) is 0 Å². The van der Waals surface area contributed by atoms with Gasteiger partial charge in [-0.1, -0.05) is 27.7 Å². The molecule has 1 atom stereocenters. The molecule has 0 aliphatic heterocycles. The Morgan fingerprint density at radius 3 is 1.86 bits per heavy atom. The molecule has 0 radical (unpaired) electrons. The number of rotatable bonds is 5. The number of hydrogen-bond donors (Lipinski definition) is 1. The van der Waals surface area contributed by atoms with Crippen molar-refractivity contribution >= 4 is 0 Å². The molecule has 4 heteroatoms. The van der Waals surface area contributed by atoms with E-state index in [1.165, 1.54) is 0 Å². The summed E-state index contributed by atoms with van der Waals surface area (Å²) in [6, 6.07) is -1.37. The minimum atomic E-state index is -4.13. The summed E-state index contributed by atoms with van der Waals surface area (Å²) >= 11 is 0. The maximum absolute atomic E-state index is 12.4. The minimum absolute atomic E-state index is 0.415. The molecule has 0 fully saturated rings. The largest absolute Gasteiger partial charge is 0.404 e. The van der Waals surface area contributed by atoms with Gasteiger partial charge >= 0.3 is 6.18 Å². The van der Waals surface area contributed by atoms with Crippen LogP contribution in [-0.4, -0.2) is 18.8 Å². The zero-order chi connectivity index (χ0) is 11.4. The number of alkyl halides is 3. The van der Waals surface area contributed by atoms with Crippen molar-refractivity contribution in [2.24, 2.45) is 11.8 Å². The highest BCUT2D eigenvalue weighted by Crippen LogP contribution is 2.25. The quantitative estimate of drug-likeness (QED) is 0.736. The molecule has 0 spiro atoms. The summed E-state index contributed by atoms with van der Waals surface area (Å²) in [6.07, 6.45) is -3.36. The summed E-state index contributed by atoms with van der Waals surface area (Å²) in [5, 5.41) is 2.57. The Morgan fingerprint density at radius 1 is 1.07 bits per heavy atom. The van der Waals surface area contributed by atoms with Gasteiger partial charge in [0.2, 0.25) is 0 Å². The van der Waals surface area contributed by atoms with Gasteiger partial charge in [-0.25, -0.2) is 0 Å². The molecule has 0 aliphatic carbocycles. The molecule has 0 saturated heterocycles. The third-order valence-electron chi connectivity index (χ3n) is 2.11. The van der Waals surface area contributed by atoms with Gasteiger partial charge < -0.3 is 5.32 Å². The van der Waals surface area contributed by atoms with Gasteiger partial charge in [-0.3, -0.25) is 0 Å². The number of nitrogens with one attached hydrogen (secondary N) is 1. The standard InChI is InChI=1S/C10H20F3N/c1-7(2)5-6-14-9(8(3)4)10(11,12)13/h7-9,14H,5-6H2,1-4H3/t9-/m0/s1. The maximum Gasteiger partial charge on any atom is 0.404 e. The average Bonchev–Trinajstić information content (AvgIpc) is 1.94. The molecule has 1 N–H and O–H groups in total. The molecule has 86 valence electrons. The van der Waals surface area contributed by atoms with E-state index in [4.69, 9.17) is 0 Å². The van der Waals surface area contributed by atoms with Gasteiger partial charge in [0, 0.05) is 0 Å². The molecule has 0 unspecified atom stereocenters. The van der Waals surface area contributed by atoms with Crippen LogP contribution in [-0.2, 0) is 0 Å². The van der Waals surface area contributed by atoms with E-state index in [1.54, 1.807) is 13.8 Å². The van der Waals surface area contributed by atoms with Crippen LogP contribution in [0.15, 0.2) is 0 Å². The Balaban J connectivity index is 4.00. The highest BCUT2D eigenvalue weighted by Gasteiger charge is 2.40. The van der Waals surface area contributed by atoms with E-state index in [1.807, 2.05) is 13.8 Å². The highest BCUT2D eigenvalue weighted by molar-refractivity contribution is 4.78. The van der Waals surface area contributed by atoms with Crippen molar-refractivity contribution in [1.82, 2.24) is 5.32 Å². The lowest BCUT2D eigenvalue weighted by atomic mass is 10.0. The molecular weight excluding hydrogens is 191 g/mol. The van der Waals surface area contributed by atoms with E-state index in [0.717, 1.165) is 6.42 Å². The molecule has 14 heavy (non-hydrogen) atoms. The van der Waals surface area contributed by atoms with Crippen molar-refractivity contribution in [3.8, 4) is 0 Å². The summed E-state index contributed by atoms with van der Waals surface area (Å²) in [5.41, 5.74) is 0. The second-order valence-corrected chi connectivity index (χ2v) is 4.40. The first-order valence-electron chi connectivity index (χ1n) is 5.05. The molecule has 0 amide bonds. The summed E-state index contributed by atoms with van der Waals surface area (Å²) in [4.78, 5) is 0. The molecular formula is C10H20F3N. The molecule has 0 aromatic carbocycles. The van der Waals surface area contributed by atoms with E-state index in [-0.39, 0.29) is 0 Å². The van der Waals surface area contributed by atoms with Gasteiger partial charge in [0.1, 0.15) is 6.04 Å². The first-order valence-corrected chi connectivity index (χ1v) is 5.05. The number of halogens is 3. The van der Waals surface area contributed by atoms with Crippen molar-refractivity contribution in [2.45, 2.75) is 46.3 Å². The lowest BCUT2D eigenvalue weighted by molar-refractivity contribution is -0.165. The number of hydrogen-bond acceptors (Lipinski definition) is 1. The Labute approximate surface area is 84.1 Å². The van der Waals surface area contributed by atoms with Gasteiger partial charge in [0.25, 0.3) is 0 Å². The molecule has 0 heterocycles. The van der Waals surface area contributed by atoms with Gasteiger partial charge in [-0.2, -0.15) is 13.2 Å². The second kappa shape index (κ2) is 5.59. The maximum atomic E-state index is 12.4. The van der Waals surface area contributed by atoms with Gasteiger partial charge in [0.05, 0.1) is 0 Å². The Morgan fingerprint density at radius 2 is 1.57 bits per heavy atom. The first-order chi connectivity index (χ1) is 6.25. The van der Waals surface area contributed by atoms with Crippen LogP contribution in [0.2, 0.25) is 0 Å². The predicted molar refractivity (Wildman–Crippen MR) is 52.1 cm³/mol. The molecule has 0 aromatic rings. The Bertz CT molecular complexity index is 152. The lowest BCUT2D eigenvalue weighted by Gasteiger charge is -2.25. The third kappa shape index (κ3) is 5.47. The molecule has 1 nitrogen and oxygen atoms in total. The van der Waals surface area contributed by atoms with Crippen LogP contribution in [0.4, 0.5) is 13.2 Å². The summed E-state index contributed by atoms with van der Waals surface area (Å²) < 4.78 is 37.3. The zero-order valence-electron chi connectivity index (χ0n) is 9.28. The van der Waals surface area contributed by atoms with E-state index in [2.05, 4.69) is 5.32 Å². The van der Waals surface area contributed by atoms with E-state index < -0.39 is 18.1 Å². The fourth-order valence-corrected chi connectivity index (χ4v) is 1.26. The monoisotopic (exact) mass is 211 g/mol. The lowest BCUT2D eigenvalue weighted by Crippen LogP contribution is -2.46. The smallest absolute Gasteiger partial charge is 0.306 e. The predicted octanol–water partition coefficient (Wildman–Crippen LogP) is 3.21. The van der Waals surface area contributed by atoms with Gasteiger partial charge in [-0.05, 0) is 24.8 Å². The van der Waals surface area contributed by atoms with Crippen molar-refractivity contribution in [1.29, 1.82) is 0 Å². The minimum Gasteiger partial charge on any atom is -0.306 e. The molecule has 0 bridgehead atoms. The first kappa shape index (κ1) is 13.8. The second-order valence-electron chi connectivity index (χ2n) is 4.40. The summed E-state index contributed by atoms with van der Waals surface area (Å²) in [7, 11) is 0. The van der Waals surface area contributed by atoms with E-state index in [9.17, 15) is 13.2 Å². The van der Waals surface area contributed by atoms with Crippen molar-refractivity contribution in [2.75, 3.05) is 6.54 Å². The molecule has 0 aromatic heterocycles. The van der Waals surface area contributed by atoms with Crippen LogP contribution in [0.3, 0.4) is 0 Å². The summed E-state index contributed by atoms with van der Waals surface area (Å²) in [5.74, 6) is 0.0192. The van der Waals surface area contributed by atoms with Crippen molar-refractivity contribution in [3.05, 3.63) is 0 Å². The normalized spacial score (nSPS) is 15.2. The zero-order valence-corrected chi connectivity index (χ0v) is 9.28. The van der Waals surface area contributed by atoms with Crippen molar-refractivity contribution < 1.29 is 13.2 Å². The highest BCUT2D eigenvalue weighted by atomic mass is 19.4. The van der Waals surface area contributed by atoms with Crippen LogP contribution in [0.5, 0.6) is 0 Å². The van der Waals surface area contributed by atoms with Crippen LogP contribution >= 0.6 is 0 Å². The van der Waals surface area contributed by atoms with Crippen LogP contribution in [0.25, 0.3) is 0 Å². The van der Waals surface area contributed by atoms with Crippen LogP contribution in [0, 0.1) is 11.8 Å². The topological polar surface area (TPSA) is 12.0 Å². The molecule has 0 aliphatic rings. The van der Waals surface area contributed by atoms with Crippen LogP contribution < -0.4 is 5.32 Å². The van der Waals surface area contributed by atoms with E-state index in [0.29, 0.717) is 12.5 Å².